The van der Waals surface area contributed by atoms with Crippen LogP contribution in [-0.4, -0.2) is 49.5 Å². The molecule has 6 atom stereocenters. The Kier molecular flexibility index (Phi) is 7.76. The number of aliphatic hydroxyl groups is 3. The number of ketones is 2. The first-order valence-electron chi connectivity index (χ1n) is 15.4. The Morgan fingerprint density at radius 3 is 2.33 bits per heavy atom. The van der Waals surface area contributed by atoms with Crippen LogP contribution in [0, 0.1) is 28.6 Å². The first-order valence-corrected chi connectivity index (χ1v) is 15.4. The summed E-state index contributed by atoms with van der Waals surface area (Å²) in [5, 5.41) is 47.7. The van der Waals surface area contributed by atoms with Crippen molar-refractivity contribution in [1.82, 2.24) is 5.32 Å². The number of alkyl halides is 3. The summed E-state index contributed by atoms with van der Waals surface area (Å²) in [5.41, 5.74) is -1.49. The van der Waals surface area contributed by atoms with Crippen molar-refractivity contribution in [3.63, 3.8) is 0 Å². The summed E-state index contributed by atoms with van der Waals surface area (Å²) < 4.78 is 44.6. The molecule has 1 aromatic rings. The van der Waals surface area contributed by atoms with Crippen LogP contribution in [0.2, 0.25) is 0 Å². The lowest BCUT2D eigenvalue weighted by Gasteiger charge is -2.46. The maximum Gasteiger partial charge on any atom is 0.417 e. The van der Waals surface area contributed by atoms with E-state index in [1.807, 2.05) is 0 Å². The lowest BCUT2D eigenvalue weighted by Crippen LogP contribution is -2.58. The van der Waals surface area contributed by atoms with E-state index in [1.165, 1.54) is 0 Å². The number of aliphatic hydroxyl groups excluding tert-OH is 2. The molecular formula is C33H41F3N2O7. The molecule has 3 unspecified atom stereocenters. The maximum atomic E-state index is 14.9. The molecule has 0 heterocycles. The van der Waals surface area contributed by atoms with Crippen LogP contribution in [0.4, 0.5) is 13.2 Å². The van der Waals surface area contributed by atoms with Gasteiger partial charge in [0.2, 0.25) is 5.78 Å². The fourth-order valence-corrected chi connectivity index (χ4v) is 8.73. The monoisotopic (exact) mass is 634 g/mol. The number of rotatable bonds is 6. The molecule has 0 bridgehead atoms. The molecule has 0 aromatic heterocycles. The number of benzene rings is 1. The Hall–Kier alpha value is -3.38. The third-order valence-electron chi connectivity index (χ3n) is 11.8. The topological polar surface area (TPSA) is 170 Å². The number of halogens is 3. The molecule has 0 aliphatic heterocycles. The number of carbonyl (C=O) groups excluding carboxylic acids is 3. The molecule has 246 valence electrons. The van der Waals surface area contributed by atoms with E-state index in [-0.39, 0.29) is 41.0 Å². The van der Waals surface area contributed by atoms with Crippen LogP contribution >= 0.6 is 0 Å². The molecule has 1 amide bonds. The molecule has 0 spiro atoms. The number of phenols is 1. The van der Waals surface area contributed by atoms with Gasteiger partial charge < -0.3 is 31.5 Å². The quantitative estimate of drug-likeness (QED) is 0.243. The summed E-state index contributed by atoms with van der Waals surface area (Å²) >= 11 is 0. The number of nitrogens with one attached hydrogen (secondary N) is 1. The van der Waals surface area contributed by atoms with Crippen LogP contribution in [0.25, 0.3) is 5.76 Å². The molecular weight excluding hydrogens is 593 g/mol. The highest BCUT2D eigenvalue weighted by Gasteiger charge is 2.61. The van der Waals surface area contributed by atoms with Gasteiger partial charge >= 0.3 is 6.18 Å². The SMILES string of the molecule is CCCC1(C)[C@@H](NCc2cc(O)c3c(c2C(F)(F)F)CC2C[C@H]4CC(=O)C(C(N)=O)=C(O)[C@@]4(O)C(=O)C2=C3O)CC(C)C1(C)C. The number of hydrogen-bond donors (Lipinski definition) is 6. The van der Waals surface area contributed by atoms with Crippen LogP contribution < -0.4 is 11.1 Å². The first kappa shape index (κ1) is 33.0. The van der Waals surface area contributed by atoms with E-state index < -0.39 is 93.5 Å². The lowest BCUT2D eigenvalue weighted by molar-refractivity contribution is -0.147. The standard InChI is InChI=1S/C33H41F3N2O7/c1-6-7-31(5)21(8-14(2)30(31,3)4)38-13-16-11-19(39)23-18(25(16)33(34,35)36)10-15-9-17-12-20(40)24(29(37)44)28(43)32(17,45)27(42)22(15)26(23)41/h11,14-15,17,21,38-39,41,43,45H,6-10,12-13H2,1-5H3,(H2,37,44)/t14?,15?,17-,21-,31?,32-/m0/s1. The fourth-order valence-electron chi connectivity index (χ4n) is 8.73. The molecule has 2 fully saturated rings. The number of amides is 1. The Bertz CT molecular complexity index is 1560. The van der Waals surface area contributed by atoms with Crippen LogP contribution in [0.1, 0.15) is 89.0 Å². The third kappa shape index (κ3) is 4.61. The molecule has 1 aromatic carbocycles. The summed E-state index contributed by atoms with van der Waals surface area (Å²) in [5.74, 6) is -8.43. The summed E-state index contributed by atoms with van der Waals surface area (Å²) in [6.07, 6.45) is -3.58. The fraction of sp³-hybridized carbons (Fsp3) is 0.606. The van der Waals surface area contributed by atoms with E-state index in [1.54, 1.807) is 0 Å². The Labute approximate surface area is 259 Å². The molecule has 45 heavy (non-hydrogen) atoms. The van der Waals surface area contributed by atoms with Crippen molar-refractivity contribution in [2.45, 2.75) is 97.5 Å². The third-order valence-corrected chi connectivity index (χ3v) is 11.8. The van der Waals surface area contributed by atoms with Gasteiger partial charge in [0.15, 0.2) is 11.4 Å². The summed E-state index contributed by atoms with van der Waals surface area (Å²) in [6.45, 7) is 10.6. The predicted molar refractivity (Wildman–Crippen MR) is 158 cm³/mol. The zero-order valence-electron chi connectivity index (χ0n) is 26.1. The van der Waals surface area contributed by atoms with Crippen LogP contribution in [0.3, 0.4) is 0 Å². The van der Waals surface area contributed by atoms with Crippen molar-refractivity contribution < 1.29 is 48.0 Å². The largest absolute Gasteiger partial charge is 0.508 e. The van der Waals surface area contributed by atoms with Crippen molar-refractivity contribution in [1.29, 1.82) is 0 Å². The minimum atomic E-state index is -4.89. The highest BCUT2D eigenvalue weighted by molar-refractivity contribution is 6.22. The van der Waals surface area contributed by atoms with Gasteiger partial charge in [-0.1, -0.05) is 41.0 Å². The zero-order chi connectivity index (χ0) is 33.6. The second kappa shape index (κ2) is 10.6. The highest BCUT2D eigenvalue weighted by Crippen LogP contribution is 2.58. The average molecular weight is 635 g/mol. The number of primary amides is 1. The Morgan fingerprint density at radius 1 is 1.11 bits per heavy atom. The van der Waals surface area contributed by atoms with Crippen LogP contribution in [0.15, 0.2) is 23.0 Å². The summed E-state index contributed by atoms with van der Waals surface area (Å²) in [4.78, 5) is 38.1. The first-order chi connectivity index (χ1) is 20.7. The van der Waals surface area contributed by atoms with Crippen LogP contribution in [0.5, 0.6) is 5.75 Å². The van der Waals surface area contributed by atoms with E-state index in [0.717, 1.165) is 25.3 Å². The molecule has 12 heteroatoms. The van der Waals surface area contributed by atoms with Gasteiger partial charge in [0.1, 0.15) is 22.8 Å². The molecule has 4 aliphatic carbocycles. The Morgan fingerprint density at radius 2 is 1.76 bits per heavy atom. The van der Waals surface area contributed by atoms with Gasteiger partial charge in [0.25, 0.3) is 5.91 Å². The second-order valence-corrected chi connectivity index (χ2v) is 14.1. The zero-order valence-corrected chi connectivity index (χ0v) is 26.1. The summed E-state index contributed by atoms with van der Waals surface area (Å²) in [6, 6.07) is 0.851. The molecule has 7 N–H and O–H groups in total. The van der Waals surface area contributed by atoms with Crippen molar-refractivity contribution >= 4 is 23.2 Å². The molecule has 2 saturated carbocycles. The average Bonchev–Trinajstić information content (AvgIpc) is 3.07. The van der Waals surface area contributed by atoms with Gasteiger partial charge in [-0.05, 0) is 65.5 Å². The second-order valence-electron chi connectivity index (χ2n) is 14.1. The van der Waals surface area contributed by atoms with Gasteiger partial charge in [0.05, 0.1) is 11.1 Å². The van der Waals surface area contributed by atoms with E-state index in [0.29, 0.717) is 5.92 Å². The lowest BCUT2D eigenvalue weighted by atomic mass is 9.59. The highest BCUT2D eigenvalue weighted by atomic mass is 19.4. The van der Waals surface area contributed by atoms with Gasteiger partial charge in [-0.25, -0.2) is 0 Å². The smallest absolute Gasteiger partial charge is 0.417 e. The Balaban J connectivity index is 1.60. The van der Waals surface area contributed by atoms with Crippen LogP contribution in [-0.2, 0) is 33.5 Å². The van der Waals surface area contributed by atoms with Gasteiger partial charge in [-0.2, -0.15) is 13.2 Å². The minimum Gasteiger partial charge on any atom is -0.508 e. The minimum absolute atomic E-state index is 0.0731. The molecule has 4 aliphatic rings. The summed E-state index contributed by atoms with van der Waals surface area (Å²) in [7, 11) is 0. The van der Waals surface area contributed by atoms with Gasteiger partial charge in [0, 0.05) is 30.5 Å². The maximum absolute atomic E-state index is 14.9. The van der Waals surface area contributed by atoms with Crippen molar-refractivity contribution in [3.05, 3.63) is 45.2 Å². The van der Waals surface area contributed by atoms with Gasteiger partial charge in [-0.3, -0.25) is 14.4 Å². The van der Waals surface area contributed by atoms with Gasteiger partial charge in [-0.15, -0.1) is 0 Å². The van der Waals surface area contributed by atoms with E-state index in [4.69, 9.17) is 5.73 Å². The van der Waals surface area contributed by atoms with Crippen molar-refractivity contribution in [3.8, 4) is 5.75 Å². The van der Waals surface area contributed by atoms with E-state index in [9.17, 15) is 48.0 Å². The van der Waals surface area contributed by atoms with Crippen molar-refractivity contribution in [2.24, 2.45) is 34.3 Å². The number of hydrogen-bond acceptors (Lipinski definition) is 8. The van der Waals surface area contributed by atoms with E-state index >= 15 is 0 Å². The number of fused-ring (bicyclic) bond motifs is 3. The molecule has 9 nitrogen and oxygen atoms in total. The normalized spacial score (nSPS) is 32.8. The molecule has 0 saturated heterocycles. The molecule has 5 rings (SSSR count). The number of Topliss-reactive ketones (excluding diaryl/α,β-unsaturated/α-hetero) is 2. The number of nitrogens with two attached hydrogens (primary N) is 1. The molecule has 0 radical (unpaired) electrons. The number of phenolic OH excluding ortho intramolecular Hbond substituents is 1. The number of carbonyl (C=O) groups is 3. The predicted octanol–water partition coefficient (Wildman–Crippen LogP) is 4.77. The van der Waals surface area contributed by atoms with E-state index in [2.05, 4.69) is 39.9 Å². The van der Waals surface area contributed by atoms with Crippen molar-refractivity contribution in [2.75, 3.05) is 0 Å². The number of aromatic hydroxyl groups is 1.